The Labute approximate surface area is 125 Å². The van der Waals surface area contributed by atoms with Gasteiger partial charge in [-0.05, 0) is 41.3 Å². The van der Waals surface area contributed by atoms with Gasteiger partial charge < -0.3 is 9.84 Å². The van der Waals surface area contributed by atoms with Crippen LogP contribution in [0.5, 0.6) is 11.5 Å². The first-order valence-electron chi connectivity index (χ1n) is 6.92. The molecular weight excluding hydrogens is 262 g/mol. The molecular formula is C18H21NO2. The first kappa shape index (κ1) is 15.1. The molecule has 0 atom stereocenters. The Kier molecular flexibility index (Phi) is 4.32. The molecule has 0 aromatic heterocycles. The van der Waals surface area contributed by atoms with Gasteiger partial charge in [0.1, 0.15) is 11.5 Å². The Morgan fingerprint density at radius 2 is 1.71 bits per heavy atom. The number of benzene rings is 2. The molecule has 0 spiro atoms. The topological polar surface area (TPSA) is 41.8 Å². The Hall–Kier alpha value is -2.29. The summed E-state index contributed by atoms with van der Waals surface area (Å²) in [4.78, 5) is 4.40. The van der Waals surface area contributed by atoms with Gasteiger partial charge in [0.05, 0.1) is 12.8 Å². The predicted molar refractivity (Wildman–Crippen MR) is 87.1 cm³/mol. The lowest BCUT2D eigenvalue weighted by Gasteiger charge is -2.18. The number of aliphatic imine (C=N–C) groups is 1. The highest BCUT2D eigenvalue weighted by Crippen LogP contribution is 2.25. The zero-order valence-corrected chi connectivity index (χ0v) is 12.9. The minimum absolute atomic E-state index is 0.132. The number of phenolic OH excluding ortho intramolecular Hbond substituents is 1. The normalized spacial score (nSPS) is 11.8. The van der Waals surface area contributed by atoms with E-state index in [9.17, 15) is 5.11 Å². The summed E-state index contributed by atoms with van der Waals surface area (Å²) in [6, 6.07) is 13.2. The van der Waals surface area contributed by atoms with Gasteiger partial charge in [-0.15, -0.1) is 0 Å². The SMILES string of the molecule is COc1ccc(O)c(C=Nc2ccc(C(C)(C)C)cc2)c1. The number of aromatic hydroxyl groups is 1. The van der Waals surface area contributed by atoms with Crippen molar-refractivity contribution in [2.24, 2.45) is 4.99 Å². The van der Waals surface area contributed by atoms with E-state index in [4.69, 9.17) is 4.74 Å². The van der Waals surface area contributed by atoms with E-state index in [1.807, 2.05) is 12.1 Å². The van der Waals surface area contributed by atoms with Gasteiger partial charge in [-0.2, -0.15) is 0 Å². The summed E-state index contributed by atoms with van der Waals surface area (Å²) in [7, 11) is 1.60. The molecule has 0 heterocycles. The van der Waals surface area contributed by atoms with Crippen LogP contribution in [0.3, 0.4) is 0 Å². The van der Waals surface area contributed by atoms with E-state index < -0.39 is 0 Å². The van der Waals surface area contributed by atoms with E-state index in [-0.39, 0.29) is 11.2 Å². The zero-order chi connectivity index (χ0) is 15.5. The smallest absolute Gasteiger partial charge is 0.124 e. The summed E-state index contributed by atoms with van der Waals surface area (Å²) in [6.07, 6.45) is 1.64. The monoisotopic (exact) mass is 283 g/mol. The molecule has 2 aromatic rings. The molecule has 0 amide bonds. The van der Waals surface area contributed by atoms with Crippen LogP contribution in [0.15, 0.2) is 47.5 Å². The highest BCUT2D eigenvalue weighted by atomic mass is 16.5. The van der Waals surface area contributed by atoms with Crippen molar-refractivity contribution in [3.05, 3.63) is 53.6 Å². The number of nitrogens with zero attached hydrogens (tertiary/aromatic N) is 1. The molecule has 2 aromatic carbocycles. The molecule has 0 aliphatic carbocycles. The molecule has 0 aliphatic heterocycles. The minimum Gasteiger partial charge on any atom is -0.507 e. The number of ether oxygens (including phenoxy) is 1. The lowest BCUT2D eigenvalue weighted by molar-refractivity contribution is 0.412. The maximum absolute atomic E-state index is 9.81. The van der Waals surface area contributed by atoms with Gasteiger partial charge in [0.15, 0.2) is 0 Å². The highest BCUT2D eigenvalue weighted by Gasteiger charge is 2.12. The lowest BCUT2D eigenvalue weighted by atomic mass is 9.87. The van der Waals surface area contributed by atoms with Crippen LogP contribution in [0.2, 0.25) is 0 Å². The maximum Gasteiger partial charge on any atom is 0.124 e. The van der Waals surface area contributed by atoms with E-state index in [2.05, 4.69) is 37.9 Å². The molecule has 0 bridgehead atoms. The molecule has 2 rings (SSSR count). The van der Waals surface area contributed by atoms with Gasteiger partial charge in [-0.25, -0.2) is 0 Å². The summed E-state index contributed by atoms with van der Waals surface area (Å²) < 4.78 is 5.14. The van der Waals surface area contributed by atoms with Crippen LogP contribution >= 0.6 is 0 Å². The van der Waals surface area contributed by atoms with Crippen LogP contribution in [-0.4, -0.2) is 18.4 Å². The molecule has 3 heteroatoms. The van der Waals surface area contributed by atoms with E-state index in [0.717, 1.165) is 5.69 Å². The Bertz CT molecular complexity index is 637. The van der Waals surface area contributed by atoms with Crippen molar-refractivity contribution in [1.29, 1.82) is 0 Å². The van der Waals surface area contributed by atoms with Crippen molar-refractivity contribution < 1.29 is 9.84 Å². The van der Waals surface area contributed by atoms with Crippen LogP contribution in [-0.2, 0) is 5.41 Å². The maximum atomic E-state index is 9.81. The summed E-state index contributed by atoms with van der Waals surface area (Å²) in [5, 5.41) is 9.81. The lowest BCUT2D eigenvalue weighted by Crippen LogP contribution is -2.10. The van der Waals surface area contributed by atoms with Crippen molar-refractivity contribution in [3.63, 3.8) is 0 Å². The second-order valence-electron chi connectivity index (χ2n) is 5.98. The van der Waals surface area contributed by atoms with Gasteiger partial charge in [-0.1, -0.05) is 32.9 Å². The average molecular weight is 283 g/mol. The zero-order valence-electron chi connectivity index (χ0n) is 12.9. The van der Waals surface area contributed by atoms with Gasteiger partial charge in [0.25, 0.3) is 0 Å². The Balaban J connectivity index is 2.21. The van der Waals surface area contributed by atoms with E-state index >= 15 is 0 Å². The second kappa shape index (κ2) is 6.00. The number of rotatable bonds is 3. The molecule has 21 heavy (non-hydrogen) atoms. The third-order valence-corrected chi connectivity index (χ3v) is 3.32. The molecule has 0 radical (unpaired) electrons. The van der Waals surface area contributed by atoms with E-state index in [1.54, 1.807) is 31.5 Å². The van der Waals surface area contributed by atoms with Crippen LogP contribution < -0.4 is 4.74 Å². The molecule has 1 N–H and O–H groups in total. The van der Waals surface area contributed by atoms with Gasteiger partial charge in [-0.3, -0.25) is 4.99 Å². The van der Waals surface area contributed by atoms with Crippen LogP contribution in [0, 0.1) is 0 Å². The Morgan fingerprint density at radius 3 is 2.29 bits per heavy atom. The molecule has 0 aliphatic rings. The summed E-state index contributed by atoms with van der Waals surface area (Å²) in [6.45, 7) is 6.54. The quantitative estimate of drug-likeness (QED) is 0.846. The van der Waals surface area contributed by atoms with Crippen LogP contribution in [0.25, 0.3) is 0 Å². The molecule has 0 unspecified atom stereocenters. The third-order valence-electron chi connectivity index (χ3n) is 3.32. The molecule has 3 nitrogen and oxygen atoms in total. The number of phenols is 1. The van der Waals surface area contributed by atoms with Gasteiger partial charge >= 0.3 is 0 Å². The van der Waals surface area contributed by atoms with E-state index in [0.29, 0.717) is 11.3 Å². The standard InChI is InChI=1S/C18H21NO2/c1-18(2,3)14-5-7-15(8-6-14)19-12-13-11-16(21-4)9-10-17(13)20/h5-12,20H,1-4H3. The summed E-state index contributed by atoms with van der Waals surface area (Å²) in [5.41, 5.74) is 2.89. The molecule has 0 saturated carbocycles. The van der Waals surface area contributed by atoms with Crippen LogP contribution in [0.1, 0.15) is 31.9 Å². The molecule has 110 valence electrons. The van der Waals surface area contributed by atoms with Gasteiger partial charge in [0, 0.05) is 11.8 Å². The fraction of sp³-hybridized carbons (Fsp3) is 0.278. The first-order valence-corrected chi connectivity index (χ1v) is 6.92. The number of hydrogen-bond donors (Lipinski definition) is 1. The molecule has 0 fully saturated rings. The van der Waals surface area contributed by atoms with Crippen molar-refractivity contribution in [3.8, 4) is 11.5 Å². The fourth-order valence-corrected chi connectivity index (χ4v) is 1.95. The van der Waals surface area contributed by atoms with Crippen molar-refractivity contribution >= 4 is 11.9 Å². The molecule has 0 saturated heterocycles. The summed E-state index contributed by atoms with van der Waals surface area (Å²) >= 11 is 0. The van der Waals surface area contributed by atoms with Crippen molar-refractivity contribution in [1.82, 2.24) is 0 Å². The average Bonchev–Trinajstić information content (AvgIpc) is 2.46. The van der Waals surface area contributed by atoms with E-state index in [1.165, 1.54) is 5.56 Å². The second-order valence-corrected chi connectivity index (χ2v) is 5.98. The predicted octanol–water partition coefficient (Wildman–Crippen LogP) is 4.45. The Morgan fingerprint density at radius 1 is 1.05 bits per heavy atom. The first-order chi connectivity index (χ1) is 9.90. The van der Waals surface area contributed by atoms with Gasteiger partial charge in [0.2, 0.25) is 0 Å². The highest BCUT2D eigenvalue weighted by molar-refractivity contribution is 5.85. The third kappa shape index (κ3) is 3.85. The largest absolute Gasteiger partial charge is 0.507 e. The fourth-order valence-electron chi connectivity index (χ4n) is 1.95. The minimum atomic E-state index is 0.132. The van der Waals surface area contributed by atoms with Crippen molar-refractivity contribution in [2.45, 2.75) is 26.2 Å². The summed E-state index contributed by atoms with van der Waals surface area (Å²) in [5.74, 6) is 0.878. The van der Waals surface area contributed by atoms with Crippen molar-refractivity contribution in [2.75, 3.05) is 7.11 Å². The number of hydrogen-bond acceptors (Lipinski definition) is 3. The van der Waals surface area contributed by atoms with Crippen LogP contribution in [0.4, 0.5) is 5.69 Å². The number of methoxy groups -OCH3 is 1.